The molecule has 0 spiro atoms. The lowest BCUT2D eigenvalue weighted by Crippen LogP contribution is -3.00. The molecule has 0 aliphatic rings. The first-order valence-electron chi connectivity index (χ1n) is 8.18. The number of hydrogen-bond acceptors (Lipinski definition) is 2. The Morgan fingerprint density at radius 3 is 1.96 bits per heavy atom. The predicted molar refractivity (Wildman–Crippen MR) is 119 cm³/mol. The third kappa shape index (κ3) is 4.78. The van der Waals surface area contributed by atoms with E-state index in [9.17, 15) is 0 Å². The molecule has 0 atom stereocenters. The number of hydrogen-bond donors (Lipinski definition) is 1. The Morgan fingerprint density at radius 2 is 1.36 bits per heavy atom. The normalized spacial score (nSPS) is 10.4. The summed E-state index contributed by atoms with van der Waals surface area (Å²) in [5.74, 6) is 0. The Kier molecular flexibility index (Phi) is 7.18. The number of benzene rings is 3. The summed E-state index contributed by atoms with van der Waals surface area (Å²) in [7, 11) is 0. The molecule has 0 fully saturated rings. The minimum atomic E-state index is 0. The van der Waals surface area contributed by atoms with Gasteiger partial charge in [-0.25, -0.2) is 5.32 Å². The van der Waals surface area contributed by atoms with Crippen molar-refractivity contribution >= 4 is 61.3 Å². The molecule has 0 bridgehead atoms. The van der Waals surface area contributed by atoms with Crippen LogP contribution in [0.15, 0.2) is 82.6 Å². The lowest BCUT2D eigenvalue weighted by atomic mass is 10.1. The summed E-state index contributed by atoms with van der Waals surface area (Å²) < 4.78 is 3.25. The molecule has 0 amide bonds. The lowest BCUT2D eigenvalue weighted by molar-refractivity contribution is -0.563. The summed E-state index contributed by atoms with van der Waals surface area (Å²) >= 11 is 17.2. The van der Waals surface area contributed by atoms with Crippen LogP contribution < -0.4 is 26.9 Å². The van der Waals surface area contributed by atoms with E-state index in [0.717, 1.165) is 32.2 Å². The van der Waals surface area contributed by atoms with Gasteiger partial charge in [0.25, 0.3) is 0 Å². The second kappa shape index (κ2) is 9.42. The lowest BCUT2D eigenvalue weighted by Gasteiger charge is -2.07. The monoisotopic (exact) mass is 554 g/mol. The topological polar surface area (TPSA) is 15.9 Å². The number of halogens is 4. The number of aromatic nitrogens is 1. The first kappa shape index (κ1) is 21.3. The van der Waals surface area contributed by atoms with Gasteiger partial charge in [-0.3, -0.25) is 0 Å². The first-order chi connectivity index (χ1) is 13.1. The number of nitrogens with one attached hydrogen (secondary N) is 1. The molecule has 0 radical (unpaired) electrons. The zero-order chi connectivity index (χ0) is 18.8. The second-order valence-corrected chi connectivity index (χ2v) is 8.52. The van der Waals surface area contributed by atoms with Gasteiger partial charge in [-0.1, -0.05) is 50.5 Å². The molecule has 1 aromatic heterocycles. The van der Waals surface area contributed by atoms with Gasteiger partial charge in [-0.15, -0.1) is 0 Å². The number of nitrogens with zero attached hydrogens (tertiary/aromatic N) is 1. The van der Waals surface area contributed by atoms with Crippen molar-refractivity contribution in [2.24, 2.45) is 0 Å². The smallest absolute Gasteiger partial charge is 0.344 e. The Bertz CT molecular complexity index is 1060. The van der Waals surface area contributed by atoms with Crippen LogP contribution in [0.2, 0.25) is 10.0 Å². The van der Waals surface area contributed by atoms with Crippen molar-refractivity contribution in [3.8, 4) is 16.9 Å². The molecule has 0 aliphatic heterocycles. The first-order valence-corrected chi connectivity index (χ1v) is 10.6. The van der Waals surface area contributed by atoms with Crippen LogP contribution in [0.25, 0.3) is 16.9 Å². The SMILES string of the molecule is Clc1ccc(Nc2scc(-c3ccc(Br)cc3)[n+]2-c2ccc(Cl)cc2)cc1.[Br-]. The Labute approximate surface area is 196 Å². The minimum absolute atomic E-state index is 0. The second-order valence-electron chi connectivity index (χ2n) is 5.88. The zero-order valence-electron chi connectivity index (χ0n) is 14.4. The number of rotatable bonds is 4. The van der Waals surface area contributed by atoms with E-state index in [2.05, 4.69) is 43.3 Å². The maximum absolute atomic E-state index is 6.09. The molecule has 1 N–H and O–H groups in total. The van der Waals surface area contributed by atoms with Crippen LogP contribution in [-0.2, 0) is 0 Å². The van der Waals surface area contributed by atoms with Crippen molar-refractivity contribution in [3.63, 3.8) is 0 Å². The highest BCUT2D eigenvalue weighted by molar-refractivity contribution is 9.10. The molecular weight excluding hydrogens is 543 g/mol. The van der Waals surface area contributed by atoms with Gasteiger partial charge >= 0.3 is 5.13 Å². The van der Waals surface area contributed by atoms with E-state index in [0.29, 0.717) is 10.0 Å². The van der Waals surface area contributed by atoms with Gasteiger partial charge in [0, 0.05) is 25.5 Å². The van der Waals surface area contributed by atoms with E-state index in [4.69, 9.17) is 23.2 Å². The third-order valence-electron chi connectivity index (χ3n) is 4.05. The van der Waals surface area contributed by atoms with Crippen molar-refractivity contribution in [1.29, 1.82) is 0 Å². The van der Waals surface area contributed by atoms with Crippen molar-refractivity contribution < 1.29 is 21.5 Å². The Hall–Kier alpha value is -1.37. The summed E-state index contributed by atoms with van der Waals surface area (Å²) in [6.07, 6.45) is 0. The molecule has 7 heteroatoms. The van der Waals surface area contributed by atoms with Gasteiger partial charge in [0.2, 0.25) is 0 Å². The van der Waals surface area contributed by atoms with Crippen LogP contribution in [0.5, 0.6) is 0 Å². The maximum Gasteiger partial charge on any atom is 0.344 e. The predicted octanol–water partition coefficient (Wildman–Crippen LogP) is 4.51. The van der Waals surface area contributed by atoms with E-state index in [-0.39, 0.29) is 17.0 Å². The molecular formula is C21H14Br2Cl2N2S. The molecule has 28 heavy (non-hydrogen) atoms. The van der Waals surface area contributed by atoms with Crippen LogP contribution in [0, 0.1) is 0 Å². The average Bonchev–Trinajstić information content (AvgIpc) is 3.08. The minimum Gasteiger partial charge on any atom is -1.00 e. The molecule has 142 valence electrons. The highest BCUT2D eigenvalue weighted by Crippen LogP contribution is 2.29. The molecule has 0 saturated heterocycles. The number of thiazole rings is 1. The van der Waals surface area contributed by atoms with Crippen molar-refractivity contribution in [2.75, 3.05) is 5.32 Å². The summed E-state index contributed by atoms with van der Waals surface area (Å²) in [4.78, 5) is 0. The van der Waals surface area contributed by atoms with Crippen molar-refractivity contribution in [3.05, 3.63) is 92.7 Å². The largest absolute Gasteiger partial charge is 1.00 e. The molecule has 4 rings (SSSR count). The van der Waals surface area contributed by atoms with Gasteiger partial charge in [0.1, 0.15) is 11.4 Å². The Morgan fingerprint density at radius 1 is 0.786 bits per heavy atom. The standard InChI is InChI=1S/C21H13BrCl2N2S.BrH/c22-15-3-1-14(2-4-15)20-13-27-21(25-18-9-5-16(23)6-10-18)26(20)19-11-7-17(24)8-12-19;/h1-13H;1H. The molecule has 0 aliphatic carbocycles. The highest BCUT2D eigenvalue weighted by atomic mass is 79.9. The van der Waals surface area contributed by atoms with E-state index in [1.165, 1.54) is 0 Å². The highest BCUT2D eigenvalue weighted by Gasteiger charge is 2.21. The number of anilines is 2. The maximum atomic E-state index is 6.09. The quantitative estimate of drug-likeness (QED) is 0.366. The van der Waals surface area contributed by atoms with Crippen LogP contribution in [0.4, 0.5) is 10.8 Å². The van der Waals surface area contributed by atoms with E-state index in [1.54, 1.807) is 11.3 Å². The summed E-state index contributed by atoms with van der Waals surface area (Å²) in [5, 5.41) is 8.07. The fourth-order valence-electron chi connectivity index (χ4n) is 2.73. The average molecular weight is 557 g/mol. The summed E-state index contributed by atoms with van der Waals surface area (Å²) in [6, 6.07) is 23.8. The van der Waals surface area contributed by atoms with Crippen molar-refractivity contribution in [2.45, 2.75) is 0 Å². The third-order valence-corrected chi connectivity index (χ3v) is 5.93. The Balaban J connectivity index is 0.00000225. The van der Waals surface area contributed by atoms with Gasteiger partial charge in [-0.05, 0) is 72.8 Å². The van der Waals surface area contributed by atoms with E-state index in [1.807, 2.05) is 60.7 Å². The summed E-state index contributed by atoms with van der Waals surface area (Å²) in [6.45, 7) is 0. The molecule has 3 aromatic carbocycles. The molecule has 1 heterocycles. The van der Waals surface area contributed by atoms with Crippen LogP contribution >= 0.6 is 50.5 Å². The summed E-state index contributed by atoms with van der Waals surface area (Å²) in [5.41, 5.74) is 4.25. The molecule has 2 nitrogen and oxygen atoms in total. The zero-order valence-corrected chi connectivity index (χ0v) is 19.9. The van der Waals surface area contributed by atoms with Crippen LogP contribution in [0.3, 0.4) is 0 Å². The van der Waals surface area contributed by atoms with Gasteiger partial charge in [-0.2, -0.15) is 4.57 Å². The molecule has 4 aromatic rings. The molecule has 0 saturated carbocycles. The van der Waals surface area contributed by atoms with Gasteiger partial charge in [0.05, 0.1) is 0 Å². The van der Waals surface area contributed by atoms with Crippen LogP contribution in [0.1, 0.15) is 0 Å². The van der Waals surface area contributed by atoms with E-state index >= 15 is 0 Å². The van der Waals surface area contributed by atoms with Gasteiger partial charge < -0.3 is 17.0 Å². The fourth-order valence-corrected chi connectivity index (χ4v) is 4.20. The van der Waals surface area contributed by atoms with E-state index < -0.39 is 0 Å². The van der Waals surface area contributed by atoms with Gasteiger partial charge in [0.15, 0.2) is 5.69 Å². The molecule has 0 unspecified atom stereocenters. The van der Waals surface area contributed by atoms with Crippen molar-refractivity contribution in [1.82, 2.24) is 0 Å². The fraction of sp³-hybridized carbons (Fsp3) is 0. The van der Waals surface area contributed by atoms with Crippen LogP contribution in [-0.4, -0.2) is 0 Å².